The highest BCUT2D eigenvalue weighted by molar-refractivity contribution is 5.78. The molecule has 2 heterocycles. The maximum absolute atomic E-state index is 11.9. The largest absolute Gasteiger partial charge is 0.349 e. The standard InChI is InChI=1S/C12H21N5O/c1-15(2)12(18)11-4-3-6-16(10-11)8-9-17-7-5-13-14-17/h5,7,11H,3-4,6,8-10H2,1-2H3. The number of amides is 1. The quantitative estimate of drug-likeness (QED) is 0.760. The fourth-order valence-electron chi connectivity index (χ4n) is 2.42. The van der Waals surface area contributed by atoms with Crippen LogP contribution in [0, 0.1) is 5.92 Å². The first kappa shape index (κ1) is 13.0. The lowest BCUT2D eigenvalue weighted by atomic mass is 9.97. The highest BCUT2D eigenvalue weighted by Crippen LogP contribution is 2.17. The SMILES string of the molecule is CN(C)C(=O)C1CCCN(CCn2ccnn2)C1. The average Bonchev–Trinajstić information content (AvgIpc) is 2.89. The third-order valence-corrected chi connectivity index (χ3v) is 3.41. The second kappa shape index (κ2) is 5.95. The molecule has 1 aromatic rings. The van der Waals surface area contributed by atoms with Crippen molar-refractivity contribution in [3.8, 4) is 0 Å². The van der Waals surface area contributed by atoms with Gasteiger partial charge in [-0.25, -0.2) is 0 Å². The molecule has 1 fully saturated rings. The molecule has 0 aliphatic carbocycles. The zero-order valence-electron chi connectivity index (χ0n) is 11.1. The van der Waals surface area contributed by atoms with E-state index in [2.05, 4.69) is 15.2 Å². The van der Waals surface area contributed by atoms with Crippen LogP contribution in [0.4, 0.5) is 0 Å². The molecule has 1 unspecified atom stereocenters. The monoisotopic (exact) mass is 251 g/mol. The molecule has 1 atom stereocenters. The van der Waals surface area contributed by atoms with Crippen LogP contribution >= 0.6 is 0 Å². The van der Waals surface area contributed by atoms with Gasteiger partial charge in [0.15, 0.2) is 0 Å². The Morgan fingerprint density at radius 1 is 1.44 bits per heavy atom. The average molecular weight is 251 g/mol. The zero-order chi connectivity index (χ0) is 13.0. The normalized spacial score (nSPS) is 20.9. The number of nitrogens with zero attached hydrogens (tertiary/aromatic N) is 5. The van der Waals surface area contributed by atoms with Crippen molar-refractivity contribution in [3.05, 3.63) is 12.4 Å². The van der Waals surface area contributed by atoms with Crippen LogP contribution in [0.3, 0.4) is 0 Å². The van der Waals surface area contributed by atoms with Crippen LogP contribution in [0.15, 0.2) is 12.4 Å². The molecule has 6 nitrogen and oxygen atoms in total. The Balaban J connectivity index is 1.81. The van der Waals surface area contributed by atoms with Gasteiger partial charge in [-0.15, -0.1) is 5.10 Å². The number of aromatic nitrogens is 3. The molecular formula is C12H21N5O. The molecule has 2 rings (SSSR count). The van der Waals surface area contributed by atoms with Gasteiger partial charge < -0.3 is 9.80 Å². The molecule has 0 bridgehead atoms. The first-order valence-corrected chi connectivity index (χ1v) is 6.44. The summed E-state index contributed by atoms with van der Waals surface area (Å²) < 4.78 is 1.83. The number of hydrogen-bond acceptors (Lipinski definition) is 4. The molecule has 1 aromatic heterocycles. The van der Waals surface area contributed by atoms with Gasteiger partial charge in [-0.05, 0) is 19.4 Å². The van der Waals surface area contributed by atoms with Gasteiger partial charge in [0.2, 0.25) is 5.91 Å². The van der Waals surface area contributed by atoms with Gasteiger partial charge in [-0.2, -0.15) is 0 Å². The highest BCUT2D eigenvalue weighted by Gasteiger charge is 2.26. The van der Waals surface area contributed by atoms with Gasteiger partial charge in [0, 0.05) is 33.4 Å². The number of rotatable bonds is 4. The van der Waals surface area contributed by atoms with Crippen molar-refractivity contribution in [2.24, 2.45) is 5.92 Å². The number of carbonyl (C=O) groups is 1. The second-order valence-corrected chi connectivity index (χ2v) is 5.04. The third kappa shape index (κ3) is 3.29. The van der Waals surface area contributed by atoms with Crippen LogP contribution in [0.2, 0.25) is 0 Å². The van der Waals surface area contributed by atoms with Gasteiger partial charge in [-0.1, -0.05) is 5.21 Å². The molecule has 0 spiro atoms. The van der Waals surface area contributed by atoms with Gasteiger partial charge in [0.1, 0.15) is 0 Å². The number of hydrogen-bond donors (Lipinski definition) is 0. The van der Waals surface area contributed by atoms with E-state index in [1.807, 2.05) is 25.0 Å². The van der Waals surface area contributed by atoms with Crippen LogP contribution in [0.1, 0.15) is 12.8 Å². The van der Waals surface area contributed by atoms with Crippen LogP contribution in [-0.4, -0.2) is 64.4 Å². The van der Waals surface area contributed by atoms with Crippen molar-refractivity contribution < 1.29 is 4.79 Å². The molecule has 6 heteroatoms. The van der Waals surface area contributed by atoms with E-state index in [4.69, 9.17) is 0 Å². The van der Waals surface area contributed by atoms with E-state index in [9.17, 15) is 4.79 Å². The van der Waals surface area contributed by atoms with Crippen LogP contribution < -0.4 is 0 Å². The first-order chi connectivity index (χ1) is 8.66. The Morgan fingerprint density at radius 3 is 2.94 bits per heavy atom. The van der Waals surface area contributed by atoms with E-state index < -0.39 is 0 Å². The lowest BCUT2D eigenvalue weighted by Gasteiger charge is -2.33. The minimum atomic E-state index is 0.157. The van der Waals surface area contributed by atoms with E-state index in [-0.39, 0.29) is 11.8 Å². The first-order valence-electron chi connectivity index (χ1n) is 6.44. The summed E-state index contributed by atoms with van der Waals surface area (Å²) in [4.78, 5) is 16.0. The number of likely N-dealkylation sites (tertiary alicyclic amines) is 1. The lowest BCUT2D eigenvalue weighted by molar-refractivity contribution is -0.134. The Hall–Kier alpha value is -1.43. The minimum absolute atomic E-state index is 0.157. The molecule has 1 aliphatic rings. The van der Waals surface area contributed by atoms with Crippen molar-refractivity contribution in [2.75, 3.05) is 33.7 Å². The number of carbonyl (C=O) groups excluding carboxylic acids is 1. The molecule has 0 aromatic carbocycles. The molecule has 0 N–H and O–H groups in total. The summed E-state index contributed by atoms with van der Waals surface area (Å²) in [5, 5.41) is 7.73. The minimum Gasteiger partial charge on any atom is -0.349 e. The fourth-order valence-corrected chi connectivity index (χ4v) is 2.42. The van der Waals surface area contributed by atoms with Gasteiger partial charge >= 0.3 is 0 Å². The Labute approximate surface area is 108 Å². The molecule has 1 saturated heterocycles. The van der Waals surface area contributed by atoms with Crippen LogP contribution in [0.5, 0.6) is 0 Å². The predicted molar refractivity (Wildman–Crippen MR) is 67.9 cm³/mol. The van der Waals surface area contributed by atoms with Crippen LogP contribution in [0.25, 0.3) is 0 Å². The van der Waals surface area contributed by atoms with E-state index in [0.717, 1.165) is 39.0 Å². The van der Waals surface area contributed by atoms with Crippen molar-refractivity contribution in [3.63, 3.8) is 0 Å². The lowest BCUT2D eigenvalue weighted by Crippen LogP contribution is -2.43. The molecule has 1 amide bonds. The van der Waals surface area contributed by atoms with E-state index in [0.29, 0.717) is 0 Å². The van der Waals surface area contributed by atoms with Crippen molar-refractivity contribution in [1.29, 1.82) is 0 Å². The van der Waals surface area contributed by atoms with Gasteiger partial charge in [-0.3, -0.25) is 9.48 Å². The van der Waals surface area contributed by atoms with E-state index >= 15 is 0 Å². The van der Waals surface area contributed by atoms with Gasteiger partial charge in [0.25, 0.3) is 0 Å². The fraction of sp³-hybridized carbons (Fsp3) is 0.750. The molecular weight excluding hydrogens is 230 g/mol. The molecule has 100 valence electrons. The summed E-state index contributed by atoms with van der Waals surface area (Å²) in [5.41, 5.74) is 0. The summed E-state index contributed by atoms with van der Waals surface area (Å²) in [7, 11) is 3.66. The Kier molecular flexibility index (Phi) is 4.30. The summed E-state index contributed by atoms with van der Waals surface area (Å²) in [6.07, 6.45) is 5.67. The second-order valence-electron chi connectivity index (χ2n) is 5.04. The van der Waals surface area contributed by atoms with E-state index in [1.54, 1.807) is 11.1 Å². The summed E-state index contributed by atoms with van der Waals surface area (Å²) in [6, 6.07) is 0. The summed E-state index contributed by atoms with van der Waals surface area (Å²) in [5.74, 6) is 0.407. The molecule has 1 aliphatic heterocycles. The third-order valence-electron chi connectivity index (χ3n) is 3.41. The highest BCUT2D eigenvalue weighted by atomic mass is 16.2. The summed E-state index contributed by atoms with van der Waals surface area (Å²) >= 11 is 0. The van der Waals surface area contributed by atoms with Crippen molar-refractivity contribution in [1.82, 2.24) is 24.8 Å². The van der Waals surface area contributed by atoms with Crippen molar-refractivity contribution in [2.45, 2.75) is 19.4 Å². The molecule has 0 saturated carbocycles. The van der Waals surface area contributed by atoms with Crippen LogP contribution in [-0.2, 0) is 11.3 Å². The summed E-state index contributed by atoms with van der Waals surface area (Å²) in [6.45, 7) is 3.71. The van der Waals surface area contributed by atoms with Crippen molar-refractivity contribution >= 4 is 5.91 Å². The van der Waals surface area contributed by atoms with Gasteiger partial charge in [0.05, 0.1) is 18.7 Å². The van der Waals surface area contributed by atoms with E-state index in [1.165, 1.54) is 0 Å². The number of piperidine rings is 1. The Bertz CT molecular complexity index is 376. The maximum atomic E-state index is 11.9. The maximum Gasteiger partial charge on any atom is 0.226 e. The smallest absolute Gasteiger partial charge is 0.226 e. The molecule has 0 radical (unpaired) electrons. The zero-order valence-corrected chi connectivity index (χ0v) is 11.1. The predicted octanol–water partition coefficient (Wildman–Crippen LogP) is 0.0783. The Morgan fingerprint density at radius 2 is 2.28 bits per heavy atom. The topological polar surface area (TPSA) is 54.3 Å². The molecule has 18 heavy (non-hydrogen) atoms.